The van der Waals surface area contributed by atoms with E-state index in [1.807, 2.05) is 0 Å². The van der Waals surface area contributed by atoms with Crippen LogP contribution >= 0.6 is 0 Å². The van der Waals surface area contributed by atoms with Crippen molar-refractivity contribution in [2.24, 2.45) is 5.73 Å². The number of aromatic nitrogens is 3. The van der Waals surface area contributed by atoms with Gasteiger partial charge in [-0.05, 0) is 6.42 Å². The van der Waals surface area contributed by atoms with Crippen molar-refractivity contribution in [3.63, 3.8) is 0 Å². The molecule has 1 aromatic rings. The maximum atomic E-state index is 11.1. The Bertz CT molecular complexity index is 785. The molecule has 5 N–H and O–H groups in total. The number of hydrogen-bond donors (Lipinski definition) is 4. The Balaban J connectivity index is 2.17. The molecule has 0 saturated heterocycles. The maximum Gasteiger partial charge on any atom is 0.319 e. The van der Waals surface area contributed by atoms with Gasteiger partial charge in [0.15, 0.2) is 0 Å². The molecule has 12 nitrogen and oxygen atoms in total. The number of rotatable bonds is 32. The van der Waals surface area contributed by atoms with Gasteiger partial charge in [-0.1, -0.05) is 108 Å². The van der Waals surface area contributed by atoms with E-state index in [2.05, 4.69) is 17.2 Å². The first-order valence-corrected chi connectivity index (χ1v) is 17.0. The highest BCUT2D eigenvalue weighted by molar-refractivity contribution is 5.71. The molecule has 1 heterocycles. The van der Waals surface area contributed by atoms with E-state index in [0.29, 0.717) is 18.9 Å². The van der Waals surface area contributed by atoms with Crippen molar-refractivity contribution < 1.29 is 39.1 Å². The summed E-state index contributed by atoms with van der Waals surface area (Å²) in [6.45, 7) is 2.55. The van der Waals surface area contributed by atoms with Gasteiger partial charge in [-0.15, -0.1) is 5.10 Å². The van der Waals surface area contributed by atoms with E-state index in [1.165, 1.54) is 96.3 Å². The minimum atomic E-state index is -1.01. The molecule has 258 valence electrons. The molecule has 0 spiro atoms. The third-order valence-electron chi connectivity index (χ3n) is 7.38. The highest BCUT2D eigenvalue weighted by Crippen LogP contribution is 2.14. The van der Waals surface area contributed by atoms with E-state index < -0.39 is 30.8 Å². The van der Waals surface area contributed by atoms with Gasteiger partial charge in [-0.2, -0.15) is 0 Å². The molecule has 1 aromatic heterocycles. The second kappa shape index (κ2) is 28.8. The van der Waals surface area contributed by atoms with E-state index in [0.717, 1.165) is 6.42 Å². The Morgan fingerprint density at radius 3 is 1.82 bits per heavy atom. The number of aliphatic hydroxyl groups is 3. The van der Waals surface area contributed by atoms with Crippen LogP contribution in [0.25, 0.3) is 0 Å². The van der Waals surface area contributed by atoms with Gasteiger partial charge >= 0.3 is 5.97 Å². The number of hydrogen-bond acceptors (Lipinski definition) is 11. The molecular formula is C32H62N4O8. The second-order valence-corrected chi connectivity index (χ2v) is 11.7. The monoisotopic (exact) mass is 630 g/mol. The second-order valence-electron chi connectivity index (χ2n) is 11.7. The number of nitrogens with two attached hydrogens (primary N) is 1. The fourth-order valence-electron chi connectivity index (χ4n) is 4.72. The van der Waals surface area contributed by atoms with Crippen molar-refractivity contribution in [3.8, 4) is 0 Å². The third-order valence-corrected chi connectivity index (χ3v) is 7.38. The normalized spacial score (nSPS) is 13.7. The Kier molecular flexibility index (Phi) is 26.4. The molecule has 1 rings (SSSR count). The van der Waals surface area contributed by atoms with Gasteiger partial charge in [0.05, 0.1) is 52.4 Å². The van der Waals surface area contributed by atoms with Gasteiger partial charge < -0.3 is 40.0 Å². The SMILES string of the molecule is CCCCCCCCCCCCCCCCCCOCc1cn(C(COCC(O)CO)COCC(O)COC(=O)CN)nn1. The van der Waals surface area contributed by atoms with Gasteiger partial charge in [-0.3, -0.25) is 4.79 Å². The molecule has 3 atom stereocenters. The average Bonchev–Trinajstić information content (AvgIpc) is 3.50. The van der Waals surface area contributed by atoms with Crippen LogP contribution in [0.5, 0.6) is 0 Å². The Morgan fingerprint density at radius 1 is 0.773 bits per heavy atom. The number of esters is 1. The highest BCUT2D eigenvalue weighted by Gasteiger charge is 2.17. The summed E-state index contributed by atoms with van der Waals surface area (Å²) >= 11 is 0. The van der Waals surface area contributed by atoms with Crippen molar-refractivity contribution in [1.29, 1.82) is 0 Å². The van der Waals surface area contributed by atoms with E-state index >= 15 is 0 Å². The number of unbranched alkanes of at least 4 members (excludes halogenated alkanes) is 15. The molecule has 0 aliphatic heterocycles. The van der Waals surface area contributed by atoms with E-state index in [-0.39, 0.29) is 39.6 Å². The van der Waals surface area contributed by atoms with Crippen LogP contribution in [0.4, 0.5) is 0 Å². The Labute approximate surface area is 265 Å². The summed E-state index contributed by atoms with van der Waals surface area (Å²) in [7, 11) is 0. The summed E-state index contributed by atoms with van der Waals surface area (Å²) in [6.07, 6.45) is 21.1. The summed E-state index contributed by atoms with van der Waals surface area (Å²) in [6, 6.07) is -0.402. The van der Waals surface area contributed by atoms with Crippen LogP contribution in [0.3, 0.4) is 0 Å². The van der Waals surface area contributed by atoms with Gasteiger partial charge in [0.2, 0.25) is 0 Å². The Morgan fingerprint density at radius 2 is 1.30 bits per heavy atom. The van der Waals surface area contributed by atoms with Crippen LogP contribution in [-0.4, -0.2) is 101 Å². The van der Waals surface area contributed by atoms with Crippen molar-refractivity contribution in [3.05, 3.63) is 11.9 Å². The lowest BCUT2D eigenvalue weighted by Gasteiger charge is -2.19. The molecule has 12 heteroatoms. The van der Waals surface area contributed by atoms with Crippen LogP contribution in [0.1, 0.15) is 121 Å². The third kappa shape index (κ3) is 22.8. The average molecular weight is 631 g/mol. The van der Waals surface area contributed by atoms with Crippen molar-refractivity contribution >= 4 is 5.97 Å². The molecule has 0 aliphatic rings. The molecule has 0 aliphatic carbocycles. The molecule has 0 radical (unpaired) electrons. The van der Waals surface area contributed by atoms with E-state index in [4.69, 9.17) is 29.8 Å². The van der Waals surface area contributed by atoms with Crippen LogP contribution in [-0.2, 0) is 30.3 Å². The largest absolute Gasteiger partial charge is 0.462 e. The lowest BCUT2D eigenvalue weighted by Crippen LogP contribution is -2.29. The van der Waals surface area contributed by atoms with Crippen molar-refractivity contribution in [1.82, 2.24) is 15.0 Å². The molecule has 0 saturated carbocycles. The zero-order valence-corrected chi connectivity index (χ0v) is 27.3. The Hall–Kier alpha value is -1.67. The van der Waals surface area contributed by atoms with Crippen LogP contribution in [0.15, 0.2) is 6.20 Å². The first-order chi connectivity index (χ1) is 21.5. The molecule has 3 unspecified atom stereocenters. The quantitative estimate of drug-likeness (QED) is 0.0673. The summed E-state index contributed by atoms with van der Waals surface area (Å²) in [5.41, 5.74) is 5.86. The van der Waals surface area contributed by atoms with Crippen LogP contribution < -0.4 is 5.73 Å². The van der Waals surface area contributed by atoms with E-state index in [1.54, 1.807) is 10.9 Å². The number of carbonyl (C=O) groups is 1. The number of ether oxygens (including phenoxy) is 4. The fraction of sp³-hybridized carbons (Fsp3) is 0.906. The predicted molar refractivity (Wildman–Crippen MR) is 169 cm³/mol. The standard InChI is InChI=1S/C32H62N4O8/c1-2-3-4-5-6-7-8-9-10-11-12-13-14-15-16-17-18-41-22-28-20-36(35-34-28)29(23-42-25-30(38)21-37)24-43-26-31(39)27-44-32(40)19-33/h20,29-31,37-39H,2-19,21-27,33H2,1H3. The molecule has 0 bridgehead atoms. The molecule has 0 amide bonds. The molecule has 0 fully saturated rings. The fourth-order valence-corrected chi connectivity index (χ4v) is 4.72. The smallest absolute Gasteiger partial charge is 0.319 e. The zero-order valence-electron chi connectivity index (χ0n) is 27.3. The summed E-state index contributed by atoms with van der Waals surface area (Å²) in [5.74, 6) is -0.607. The first kappa shape index (κ1) is 40.4. The number of carbonyl (C=O) groups excluding carboxylic acids is 1. The van der Waals surface area contributed by atoms with Gasteiger partial charge in [0.25, 0.3) is 0 Å². The van der Waals surface area contributed by atoms with Crippen molar-refractivity contribution in [2.45, 2.75) is 135 Å². The van der Waals surface area contributed by atoms with Gasteiger partial charge in [0, 0.05) is 6.61 Å². The van der Waals surface area contributed by atoms with Crippen LogP contribution in [0.2, 0.25) is 0 Å². The number of aliphatic hydroxyl groups excluding tert-OH is 3. The topological polar surface area (TPSA) is 171 Å². The summed E-state index contributed by atoms with van der Waals surface area (Å²) in [4.78, 5) is 11.1. The molecule has 0 aromatic carbocycles. The van der Waals surface area contributed by atoms with Crippen molar-refractivity contribution in [2.75, 3.05) is 52.8 Å². The number of nitrogens with zero attached hydrogens (tertiary/aromatic N) is 3. The van der Waals surface area contributed by atoms with Crippen LogP contribution in [0, 0.1) is 0 Å². The minimum Gasteiger partial charge on any atom is -0.462 e. The zero-order chi connectivity index (χ0) is 32.1. The molecule has 44 heavy (non-hydrogen) atoms. The lowest BCUT2D eigenvalue weighted by atomic mass is 10.0. The maximum absolute atomic E-state index is 11.1. The van der Waals surface area contributed by atoms with Gasteiger partial charge in [0.1, 0.15) is 30.6 Å². The van der Waals surface area contributed by atoms with Gasteiger partial charge in [-0.25, -0.2) is 4.68 Å². The molecular weight excluding hydrogens is 568 g/mol. The summed E-state index contributed by atoms with van der Waals surface area (Å²) in [5, 5.41) is 36.9. The predicted octanol–water partition coefficient (Wildman–Crippen LogP) is 3.85. The van der Waals surface area contributed by atoms with E-state index in [9.17, 15) is 15.0 Å². The first-order valence-electron chi connectivity index (χ1n) is 17.0. The lowest BCUT2D eigenvalue weighted by molar-refractivity contribution is -0.146. The summed E-state index contributed by atoms with van der Waals surface area (Å²) < 4.78 is 23.3. The minimum absolute atomic E-state index is 0.0470. The highest BCUT2D eigenvalue weighted by atomic mass is 16.5.